The molecule has 0 spiro atoms. The molecular formula is C37H56O2. The van der Waals surface area contributed by atoms with Crippen molar-refractivity contribution in [2.45, 2.75) is 126 Å². The predicted octanol–water partition coefficient (Wildman–Crippen LogP) is 9.97. The van der Waals surface area contributed by atoms with Gasteiger partial charge in [0.2, 0.25) is 0 Å². The van der Waals surface area contributed by atoms with Crippen LogP contribution in [0.15, 0.2) is 30.3 Å². The zero-order valence-electron chi connectivity index (χ0n) is 26.3. The normalized spacial score (nSPS) is 48.4. The summed E-state index contributed by atoms with van der Waals surface area (Å²) >= 11 is 0. The molecule has 0 amide bonds. The molecule has 0 aliphatic heterocycles. The van der Waals surface area contributed by atoms with Gasteiger partial charge in [-0.15, -0.1) is 0 Å². The van der Waals surface area contributed by atoms with Crippen molar-refractivity contribution in [1.82, 2.24) is 0 Å². The first-order valence-electron chi connectivity index (χ1n) is 16.5. The summed E-state index contributed by atoms with van der Waals surface area (Å²) in [4.78, 5) is 13.1. The van der Waals surface area contributed by atoms with E-state index in [9.17, 15) is 4.79 Å². The van der Waals surface area contributed by atoms with Crippen LogP contribution in [0.1, 0.15) is 130 Å². The average Bonchev–Trinajstić information content (AvgIpc) is 3.24. The van der Waals surface area contributed by atoms with E-state index in [0.29, 0.717) is 33.1 Å². The van der Waals surface area contributed by atoms with Gasteiger partial charge in [-0.25, -0.2) is 4.79 Å². The number of hydrogen-bond donors (Lipinski definition) is 0. The van der Waals surface area contributed by atoms with Crippen LogP contribution in [-0.2, 0) is 4.74 Å². The summed E-state index contributed by atoms with van der Waals surface area (Å²) in [7, 11) is 0. The van der Waals surface area contributed by atoms with Gasteiger partial charge in [0.05, 0.1) is 5.56 Å². The van der Waals surface area contributed by atoms with Gasteiger partial charge in [0.25, 0.3) is 0 Å². The highest BCUT2D eigenvalue weighted by Crippen LogP contribution is 2.77. The highest BCUT2D eigenvalue weighted by Gasteiger charge is 2.70. The summed E-state index contributed by atoms with van der Waals surface area (Å²) in [6.45, 7) is 20.7. The summed E-state index contributed by atoms with van der Waals surface area (Å²) in [6, 6.07) is 9.60. The monoisotopic (exact) mass is 532 g/mol. The quantitative estimate of drug-likeness (QED) is 0.362. The summed E-state index contributed by atoms with van der Waals surface area (Å²) in [5, 5.41) is 0. The molecule has 39 heavy (non-hydrogen) atoms. The Balaban J connectivity index is 1.28. The van der Waals surface area contributed by atoms with Crippen molar-refractivity contribution in [3.05, 3.63) is 35.9 Å². The Morgan fingerprint density at radius 3 is 2.18 bits per heavy atom. The molecule has 5 fully saturated rings. The van der Waals surface area contributed by atoms with E-state index in [-0.39, 0.29) is 17.5 Å². The van der Waals surface area contributed by atoms with E-state index in [4.69, 9.17) is 4.74 Å². The lowest BCUT2D eigenvalue weighted by atomic mass is 9.32. The molecule has 0 N–H and O–H groups in total. The third kappa shape index (κ3) is 3.81. The predicted molar refractivity (Wildman–Crippen MR) is 160 cm³/mol. The molecule has 0 saturated heterocycles. The molecule has 2 nitrogen and oxygen atoms in total. The molecule has 1 aromatic carbocycles. The molecule has 6 rings (SSSR count). The van der Waals surface area contributed by atoms with Gasteiger partial charge in [-0.3, -0.25) is 0 Å². The Bertz CT molecular complexity index is 1090. The van der Waals surface area contributed by atoms with Gasteiger partial charge in [-0.05, 0) is 134 Å². The molecule has 0 aromatic heterocycles. The maximum absolute atomic E-state index is 13.1. The number of carbonyl (C=O) groups excluding carboxylic acids is 1. The third-order valence-electron chi connectivity index (χ3n) is 15.0. The maximum atomic E-state index is 13.1. The van der Waals surface area contributed by atoms with E-state index in [1.165, 1.54) is 57.8 Å². The third-order valence-corrected chi connectivity index (χ3v) is 15.0. The fourth-order valence-corrected chi connectivity index (χ4v) is 12.7. The number of esters is 1. The molecule has 0 bridgehead atoms. The standard InChI is InChI=1S/C37H56O2/c1-24(2)26-16-19-34(5)22-23-36(7)27(31(26)34)14-15-29-35(6)20-18-30(39-32(38)25-12-10-9-11-13-25)33(3,4)28(35)17-21-37(29,36)8/h9-13,24,26-31H,14-23H2,1-8H3/t26-,27+,28-,29+,30+,31+,34+,35+,36+,37-/m0/s1. The smallest absolute Gasteiger partial charge is 0.338 e. The molecule has 5 saturated carbocycles. The first-order valence-corrected chi connectivity index (χ1v) is 16.5. The van der Waals surface area contributed by atoms with Crippen LogP contribution in [0.25, 0.3) is 0 Å². The van der Waals surface area contributed by atoms with Crippen LogP contribution in [0.5, 0.6) is 0 Å². The minimum absolute atomic E-state index is 0.000222. The lowest BCUT2D eigenvalue weighted by molar-refractivity contribution is -0.247. The van der Waals surface area contributed by atoms with E-state index >= 15 is 0 Å². The molecule has 0 radical (unpaired) electrons. The van der Waals surface area contributed by atoms with Crippen LogP contribution in [0, 0.1) is 62.6 Å². The van der Waals surface area contributed by atoms with Crippen LogP contribution in [0.3, 0.4) is 0 Å². The maximum Gasteiger partial charge on any atom is 0.338 e. The number of benzene rings is 1. The molecule has 5 aliphatic carbocycles. The van der Waals surface area contributed by atoms with Crippen LogP contribution < -0.4 is 0 Å². The van der Waals surface area contributed by atoms with E-state index in [1.54, 1.807) is 0 Å². The zero-order chi connectivity index (χ0) is 28.0. The van der Waals surface area contributed by atoms with Crippen molar-refractivity contribution in [2.24, 2.45) is 62.6 Å². The van der Waals surface area contributed by atoms with Gasteiger partial charge in [-0.2, -0.15) is 0 Å². The van der Waals surface area contributed by atoms with Crippen molar-refractivity contribution in [3.8, 4) is 0 Å². The Morgan fingerprint density at radius 2 is 1.49 bits per heavy atom. The zero-order valence-corrected chi connectivity index (χ0v) is 26.3. The van der Waals surface area contributed by atoms with Crippen molar-refractivity contribution >= 4 is 5.97 Å². The van der Waals surface area contributed by atoms with Crippen LogP contribution in [0.4, 0.5) is 0 Å². The number of rotatable bonds is 3. The van der Waals surface area contributed by atoms with E-state index in [2.05, 4.69) is 55.4 Å². The topological polar surface area (TPSA) is 26.3 Å². The molecule has 5 aliphatic rings. The minimum atomic E-state index is -0.146. The second kappa shape index (κ2) is 9.09. The molecule has 1 aromatic rings. The number of ether oxygens (including phenoxy) is 1. The fraction of sp³-hybridized carbons (Fsp3) is 0.811. The van der Waals surface area contributed by atoms with Gasteiger partial charge < -0.3 is 4.74 Å². The van der Waals surface area contributed by atoms with E-state index < -0.39 is 0 Å². The summed E-state index contributed by atoms with van der Waals surface area (Å²) in [5.74, 6) is 4.78. The van der Waals surface area contributed by atoms with Gasteiger partial charge in [0.1, 0.15) is 6.10 Å². The lowest BCUT2D eigenvalue weighted by Crippen LogP contribution is -2.66. The summed E-state index contributed by atoms with van der Waals surface area (Å²) in [6.07, 6.45) is 13.5. The van der Waals surface area contributed by atoms with Crippen LogP contribution in [0.2, 0.25) is 0 Å². The van der Waals surface area contributed by atoms with Crippen LogP contribution in [-0.4, -0.2) is 12.1 Å². The Labute approximate surface area is 239 Å². The van der Waals surface area contributed by atoms with Crippen molar-refractivity contribution in [2.75, 3.05) is 0 Å². The Kier molecular flexibility index (Phi) is 6.49. The van der Waals surface area contributed by atoms with Gasteiger partial charge >= 0.3 is 5.97 Å². The molecule has 0 heterocycles. The molecular weight excluding hydrogens is 476 g/mol. The highest BCUT2D eigenvalue weighted by atomic mass is 16.5. The fourth-order valence-electron chi connectivity index (χ4n) is 12.7. The Hall–Kier alpha value is -1.31. The van der Waals surface area contributed by atoms with Crippen molar-refractivity contribution in [3.63, 3.8) is 0 Å². The van der Waals surface area contributed by atoms with E-state index in [1.807, 2.05) is 30.3 Å². The lowest BCUT2D eigenvalue weighted by Gasteiger charge is -2.73. The van der Waals surface area contributed by atoms with Crippen LogP contribution >= 0.6 is 0 Å². The SMILES string of the molecule is CC(C)[C@@H]1CC[C@]2(C)CC[C@]3(C)[C@H](CC[C@@H]4[C@]5(C)CC[C@@H](OC(=O)c6ccccc6)C(C)(C)[C@@H]5CC[C@@]43C)[C@@H]12. The van der Waals surface area contributed by atoms with Gasteiger partial charge in [0.15, 0.2) is 0 Å². The first kappa shape index (κ1) is 27.8. The number of carbonyl (C=O) groups is 1. The molecule has 0 unspecified atom stereocenters. The highest BCUT2D eigenvalue weighted by molar-refractivity contribution is 5.89. The average molecular weight is 533 g/mol. The van der Waals surface area contributed by atoms with E-state index in [0.717, 1.165) is 36.0 Å². The number of fused-ring (bicyclic) bond motifs is 7. The Morgan fingerprint density at radius 1 is 0.769 bits per heavy atom. The largest absolute Gasteiger partial charge is 0.458 e. The van der Waals surface area contributed by atoms with Crippen molar-refractivity contribution < 1.29 is 9.53 Å². The first-order chi connectivity index (χ1) is 18.3. The molecule has 2 heteroatoms. The second-order valence-electron chi connectivity index (χ2n) is 16.9. The van der Waals surface area contributed by atoms with Gasteiger partial charge in [-0.1, -0.05) is 73.6 Å². The minimum Gasteiger partial charge on any atom is -0.458 e. The van der Waals surface area contributed by atoms with Crippen molar-refractivity contribution in [1.29, 1.82) is 0 Å². The molecule has 10 atom stereocenters. The number of hydrogen-bond acceptors (Lipinski definition) is 2. The summed E-state index contributed by atoms with van der Waals surface area (Å²) < 4.78 is 6.31. The summed E-state index contributed by atoms with van der Waals surface area (Å²) in [5.41, 5.74) is 2.44. The molecule has 216 valence electrons. The second-order valence-corrected chi connectivity index (χ2v) is 16.9. The van der Waals surface area contributed by atoms with Gasteiger partial charge in [0, 0.05) is 5.41 Å².